The molecule has 2 rings (SSSR count). The van der Waals surface area contributed by atoms with E-state index in [0.717, 1.165) is 19.3 Å². The van der Waals surface area contributed by atoms with E-state index in [1.54, 1.807) is 12.1 Å². The minimum Gasteiger partial charge on any atom is -0.346 e. The van der Waals surface area contributed by atoms with Gasteiger partial charge in [0.15, 0.2) is 0 Å². The van der Waals surface area contributed by atoms with Crippen LogP contribution in [0.5, 0.6) is 0 Å². The third-order valence-electron chi connectivity index (χ3n) is 2.74. The van der Waals surface area contributed by atoms with E-state index in [0.29, 0.717) is 5.56 Å². The monoisotopic (exact) mass is 217 g/mol. The maximum atomic E-state index is 11.7. The Kier molecular flexibility index (Phi) is 3.04. The van der Waals surface area contributed by atoms with Crippen molar-refractivity contribution in [1.82, 2.24) is 5.32 Å². The molecule has 1 N–H and O–H groups in total. The predicted octanol–water partition coefficient (Wildman–Crippen LogP) is 1.71. The third-order valence-corrected chi connectivity index (χ3v) is 2.74. The topological polar surface area (TPSA) is 46.2 Å². The van der Waals surface area contributed by atoms with Crippen molar-refractivity contribution in [2.24, 2.45) is 0 Å². The van der Waals surface area contributed by atoms with Crippen LogP contribution in [-0.2, 0) is 11.2 Å². The van der Waals surface area contributed by atoms with Crippen molar-refractivity contribution < 1.29 is 9.59 Å². The van der Waals surface area contributed by atoms with Gasteiger partial charge in [-0.1, -0.05) is 31.2 Å². The molecule has 84 valence electrons. The number of Topliss-reactive ketones (excluding diaryl/α,β-unsaturated/α-hetero) is 1. The normalized spacial score (nSPS) is 14.6. The first-order chi connectivity index (χ1) is 7.70. The Hall–Kier alpha value is -1.64. The molecule has 0 saturated heterocycles. The number of benzene rings is 1. The van der Waals surface area contributed by atoms with E-state index in [1.807, 2.05) is 12.1 Å². The fourth-order valence-corrected chi connectivity index (χ4v) is 1.50. The van der Waals surface area contributed by atoms with Gasteiger partial charge in [0.05, 0.1) is 0 Å². The van der Waals surface area contributed by atoms with E-state index < -0.39 is 11.7 Å². The molecule has 0 aliphatic heterocycles. The Labute approximate surface area is 94.9 Å². The molecular weight excluding hydrogens is 202 g/mol. The molecule has 3 heteroatoms. The van der Waals surface area contributed by atoms with Gasteiger partial charge < -0.3 is 5.32 Å². The fourth-order valence-electron chi connectivity index (χ4n) is 1.50. The summed E-state index contributed by atoms with van der Waals surface area (Å²) in [6.45, 7) is 2.05. The van der Waals surface area contributed by atoms with Gasteiger partial charge in [0.1, 0.15) is 0 Å². The Balaban J connectivity index is 2.03. The minimum absolute atomic E-state index is 0.228. The summed E-state index contributed by atoms with van der Waals surface area (Å²) in [4.78, 5) is 23.2. The number of aryl methyl sites for hydroxylation is 1. The number of hydrogen-bond donors (Lipinski definition) is 1. The fraction of sp³-hybridized carbons (Fsp3) is 0.385. The zero-order valence-corrected chi connectivity index (χ0v) is 9.32. The first-order valence-electron chi connectivity index (χ1n) is 5.65. The van der Waals surface area contributed by atoms with E-state index in [9.17, 15) is 9.59 Å². The molecule has 0 spiro atoms. The molecule has 1 aliphatic rings. The lowest BCUT2D eigenvalue weighted by atomic mass is 10.1. The van der Waals surface area contributed by atoms with E-state index in [-0.39, 0.29) is 6.04 Å². The van der Waals surface area contributed by atoms with Crippen molar-refractivity contribution >= 4 is 11.7 Å². The average Bonchev–Trinajstić information content (AvgIpc) is 3.12. The molecule has 16 heavy (non-hydrogen) atoms. The first-order valence-corrected chi connectivity index (χ1v) is 5.65. The minimum atomic E-state index is -0.480. The zero-order chi connectivity index (χ0) is 11.5. The van der Waals surface area contributed by atoms with Gasteiger partial charge in [-0.05, 0) is 24.8 Å². The SMILES string of the molecule is CCc1ccc(C(=O)C(=O)NC2CC2)cc1. The molecule has 0 atom stereocenters. The predicted molar refractivity (Wildman–Crippen MR) is 61.3 cm³/mol. The molecule has 1 aliphatic carbocycles. The first kappa shape index (κ1) is 10.9. The number of rotatable bonds is 4. The van der Waals surface area contributed by atoms with E-state index in [2.05, 4.69) is 12.2 Å². The van der Waals surface area contributed by atoms with Crippen LogP contribution in [0.1, 0.15) is 35.7 Å². The number of amides is 1. The summed E-state index contributed by atoms with van der Waals surface area (Å²) in [5.41, 5.74) is 1.63. The van der Waals surface area contributed by atoms with Crippen LogP contribution in [0, 0.1) is 0 Å². The zero-order valence-electron chi connectivity index (χ0n) is 9.32. The summed E-state index contributed by atoms with van der Waals surface area (Å²) >= 11 is 0. The summed E-state index contributed by atoms with van der Waals surface area (Å²) in [6.07, 6.45) is 2.92. The summed E-state index contributed by atoms with van der Waals surface area (Å²) in [7, 11) is 0. The Bertz CT molecular complexity index is 404. The van der Waals surface area contributed by atoms with Crippen molar-refractivity contribution in [2.45, 2.75) is 32.2 Å². The van der Waals surface area contributed by atoms with E-state index in [4.69, 9.17) is 0 Å². The molecular formula is C13H15NO2. The van der Waals surface area contributed by atoms with Gasteiger partial charge in [0, 0.05) is 11.6 Å². The summed E-state index contributed by atoms with van der Waals surface area (Å²) in [5.74, 6) is -0.915. The van der Waals surface area contributed by atoms with Crippen LogP contribution >= 0.6 is 0 Å². The second kappa shape index (κ2) is 4.47. The van der Waals surface area contributed by atoms with Gasteiger partial charge in [0.2, 0.25) is 5.78 Å². The second-order valence-corrected chi connectivity index (χ2v) is 4.13. The van der Waals surface area contributed by atoms with Crippen LogP contribution in [0.25, 0.3) is 0 Å². The van der Waals surface area contributed by atoms with E-state index >= 15 is 0 Å². The van der Waals surface area contributed by atoms with Crippen molar-refractivity contribution in [3.8, 4) is 0 Å². The van der Waals surface area contributed by atoms with Crippen LogP contribution in [0.4, 0.5) is 0 Å². The second-order valence-electron chi connectivity index (χ2n) is 4.13. The van der Waals surface area contributed by atoms with Crippen LogP contribution in [-0.4, -0.2) is 17.7 Å². The highest BCUT2D eigenvalue weighted by Crippen LogP contribution is 2.18. The number of nitrogens with one attached hydrogen (secondary N) is 1. The Morgan fingerprint density at radius 1 is 1.25 bits per heavy atom. The average molecular weight is 217 g/mol. The van der Waals surface area contributed by atoms with Crippen molar-refractivity contribution in [2.75, 3.05) is 0 Å². The molecule has 1 aromatic rings. The maximum absolute atomic E-state index is 11.7. The van der Waals surface area contributed by atoms with E-state index in [1.165, 1.54) is 5.56 Å². The van der Waals surface area contributed by atoms with Gasteiger partial charge in [-0.15, -0.1) is 0 Å². The number of carbonyl (C=O) groups excluding carboxylic acids is 2. The van der Waals surface area contributed by atoms with Gasteiger partial charge in [0.25, 0.3) is 5.91 Å². The molecule has 0 bridgehead atoms. The molecule has 0 aromatic heterocycles. The number of hydrogen-bond acceptors (Lipinski definition) is 2. The molecule has 1 saturated carbocycles. The van der Waals surface area contributed by atoms with Gasteiger partial charge in [-0.2, -0.15) is 0 Å². The highest BCUT2D eigenvalue weighted by molar-refractivity contribution is 6.42. The smallest absolute Gasteiger partial charge is 0.292 e. The quantitative estimate of drug-likeness (QED) is 0.616. The van der Waals surface area contributed by atoms with Crippen LogP contribution < -0.4 is 5.32 Å². The van der Waals surface area contributed by atoms with Crippen molar-refractivity contribution in [3.05, 3.63) is 35.4 Å². The molecule has 0 heterocycles. The largest absolute Gasteiger partial charge is 0.346 e. The van der Waals surface area contributed by atoms with Crippen molar-refractivity contribution in [3.63, 3.8) is 0 Å². The van der Waals surface area contributed by atoms with Crippen LogP contribution in [0.3, 0.4) is 0 Å². The number of carbonyl (C=O) groups is 2. The summed E-state index contributed by atoms with van der Waals surface area (Å²) in [5, 5.41) is 2.69. The lowest BCUT2D eigenvalue weighted by Crippen LogP contribution is -2.32. The number of ketones is 1. The van der Waals surface area contributed by atoms with Crippen LogP contribution in [0.15, 0.2) is 24.3 Å². The Morgan fingerprint density at radius 3 is 2.38 bits per heavy atom. The summed E-state index contributed by atoms with van der Waals surface area (Å²) in [6, 6.07) is 7.43. The highest BCUT2D eigenvalue weighted by Gasteiger charge is 2.26. The highest BCUT2D eigenvalue weighted by atomic mass is 16.2. The molecule has 3 nitrogen and oxygen atoms in total. The molecule has 1 aromatic carbocycles. The van der Waals surface area contributed by atoms with Crippen molar-refractivity contribution in [1.29, 1.82) is 0 Å². The Morgan fingerprint density at radius 2 is 1.88 bits per heavy atom. The summed E-state index contributed by atoms with van der Waals surface area (Å²) < 4.78 is 0. The molecule has 1 fully saturated rings. The van der Waals surface area contributed by atoms with Gasteiger partial charge in [-0.3, -0.25) is 9.59 Å². The van der Waals surface area contributed by atoms with Crippen LogP contribution in [0.2, 0.25) is 0 Å². The lowest BCUT2D eigenvalue weighted by molar-refractivity contribution is -0.117. The standard InChI is InChI=1S/C13H15NO2/c1-2-9-3-5-10(6-4-9)12(15)13(16)14-11-7-8-11/h3-6,11H,2,7-8H2,1H3,(H,14,16). The lowest BCUT2D eigenvalue weighted by Gasteiger charge is -2.03. The third kappa shape index (κ3) is 2.48. The molecule has 0 unspecified atom stereocenters. The molecule has 0 radical (unpaired) electrons. The van der Waals surface area contributed by atoms with Gasteiger partial charge >= 0.3 is 0 Å². The maximum Gasteiger partial charge on any atom is 0.292 e. The molecule has 1 amide bonds. The van der Waals surface area contributed by atoms with Gasteiger partial charge in [-0.25, -0.2) is 0 Å².